The minimum Gasteiger partial charge on any atom is -0.335 e. The lowest BCUT2D eigenvalue weighted by Crippen LogP contribution is -2.32. The Morgan fingerprint density at radius 2 is 1.74 bits per heavy atom. The highest BCUT2D eigenvalue weighted by Gasteiger charge is 2.39. The molecule has 23 heavy (non-hydrogen) atoms. The number of hydrogen-bond donors (Lipinski definition) is 0. The number of carbonyl (C=O) groups is 3. The molecule has 1 aliphatic heterocycles. The van der Waals surface area contributed by atoms with E-state index in [1.165, 1.54) is 18.3 Å². The van der Waals surface area contributed by atoms with Crippen LogP contribution in [-0.2, 0) is 4.84 Å². The predicted molar refractivity (Wildman–Crippen MR) is 74.2 cm³/mol. The van der Waals surface area contributed by atoms with Gasteiger partial charge in [0.2, 0.25) is 5.69 Å². The lowest BCUT2D eigenvalue weighted by molar-refractivity contribution is -0.0589. The van der Waals surface area contributed by atoms with Gasteiger partial charge in [-0.2, -0.15) is 0 Å². The average molecular weight is 309 g/mol. The number of aromatic nitrogens is 2. The zero-order valence-electron chi connectivity index (χ0n) is 11.4. The third-order valence-electron chi connectivity index (χ3n) is 3.37. The summed E-state index contributed by atoms with van der Waals surface area (Å²) in [5, 5.41) is 4.32. The quantitative estimate of drug-likeness (QED) is 0.662. The molecule has 1 aliphatic rings. The average Bonchev–Trinajstić information content (AvgIpc) is 3.11. The number of hydroxylamine groups is 2. The molecule has 0 saturated carbocycles. The molecule has 3 aromatic rings. The van der Waals surface area contributed by atoms with E-state index in [9.17, 15) is 14.4 Å². The highest BCUT2D eigenvalue weighted by Crippen LogP contribution is 2.24. The molecular weight excluding hydrogens is 302 g/mol. The van der Waals surface area contributed by atoms with Crippen LogP contribution in [0.4, 0.5) is 0 Å². The number of rotatable bonds is 2. The van der Waals surface area contributed by atoms with Gasteiger partial charge in [0, 0.05) is 6.20 Å². The van der Waals surface area contributed by atoms with E-state index in [1.54, 1.807) is 24.3 Å². The molecule has 8 heteroatoms. The standard InChI is InChI=1S/C15H7N3O5/c19-13-8-4-1-2-5-9(8)14(20)18(13)23-15(21)11-10-6-3-7-16-12(10)22-17-11/h1-7H. The number of fused-ring (bicyclic) bond motifs is 2. The first-order valence-corrected chi connectivity index (χ1v) is 6.57. The van der Waals surface area contributed by atoms with Gasteiger partial charge in [-0.3, -0.25) is 9.59 Å². The van der Waals surface area contributed by atoms with Gasteiger partial charge in [-0.25, -0.2) is 9.78 Å². The van der Waals surface area contributed by atoms with Gasteiger partial charge in [0.25, 0.3) is 17.5 Å². The number of nitrogens with zero attached hydrogens (tertiary/aromatic N) is 3. The van der Waals surface area contributed by atoms with Crippen LogP contribution in [0, 0.1) is 0 Å². The molecule has 0 unspecified atom stereocenters. The maximum Gasteiger partial charge on any atom is 0.386 e. The Kier molecular flexibility index (Phi) is 2.70. The summed E-state index contributed by atoms with van der Waals surface area (Å²) in [4.78, 5) is 45.3. The molecule has 0 atom stereocenters. The van der Waals surface area contributed by atoms with Gasteiger partial charge in [0.05, 0.1) is 16.5 Å². The van der Waals surface area contributed by atoms with Crippen molar-refractivity contribution in [3.63, 3.8) is 0 Å². The van der Waals surface area contributed by atoms with Crippen molar-refractivity contribution in [2.75, 3.05) is 0 Å². The smallest absolute Gasteiger partial charge is 0.335 e. The monoisotopic (exact) mass is 309 g/mol. The second-order valence-corrected chi connectivity index (χ2v) is 4.72. The number of imide groups is 1. The van der Waals surface area contributed by atoms with Crippen molar-refractivity contribution in [3.8, 4) is 0 Å². The van der Waals surface area contributed by atoms with Crippen molar-refractivity contribution in [1.82, 2.24) is 15.2 Å². The molecule has 4 rings (SSSR count). The lowest BCUT2D eigenvalue weighted by atomic mass is 10.1. The fourth-order valence-electron chi connectivity index (χ4n) is 2.31. The second-order valence-electron chi connectivity index (χ2n) is 4.72. The van der Waals surface area contributed by atoms with Gasteiger partial charge in [0.1, 0.15) is 0 Å². The second kappa shape index (κ2) is 4.73. The van der Waals surface area contributed by atoms with E-state index in [0.29, 0.717) is 10.4 Å². The van der Waals surface area contributed by atoms with E-state index in [2.05, 4.69) is 10.1 Å². The molecule has 0 saturated heterocycles. The van der Waals surface area contributed by atoms with E-state index in [0.717, 1.165) is 0 Å². The fourth-order valence-corrected chi connectivity index (χ4v) is 2.31. The number of carbonyl (C=O) groups excluding carboxylic acids is 3. The van der Waals surface area contributed by atoms with Crippen LogP contribution in [0.2, 0.25) is 0 Å². The molecule has 0 aliphatic carbocycles. The molecule has 3 heterocycles. The van der Waals surface area contributed by atoms with Crippen LogP contribution < -0.4 is 0 Å². The van der Waals surface area contributed by atoms with Crippen LogP contribution in [0.5, 0.6) is 0 Å². The first-order chi connectivity index (χ1) is 11.2. The Hall–Kier alpha value is -3.55. The van der Waals surface area contributed by atoms with Gasteiger partial charge in [-0.15, -0.1) is 0 Å². The molecule has 2 aromatic heterocycles. The summed E-state index contributed by atoms with van der Waals surface area (Å²) in [6.07, 6.45) is 1.48. The zero-order valence-corrected chi connectivity index (χ0v) is 11.4. The van der Waals surface area contributed by atoms with Crippen LogP contribution in [0.25, 0.3) is 11.1 Å². The number of amides is 2. The summed E-state index contributed by atoms with van der Waals surface area (Å²) in [5.74, 6) is -2.39. The van der Waals surface area contributed by atoms with E-state index in [-0.39, 0.29) is 22.5 Å². The zero-order chi connectivity index (χ0) is 16.0. The normalized spacial score (nSPS) is 13.5. The van der Waals surface area contributed by atoms with Gasteiger partial charge in [-0.1, -0.05) is 22.4 Å². The SMILES string of the molecule is O=C(ON1C(=O)c2ccccc2C1=O)c1noc2ncccc12. The van der Waals surface area contributed by atoms with E-state index in [1.807, 2.05) is 0 Å². The predicted octanol–water partition coefficient (Wildman–Crippen LogP) is 1.59. The van der Waals surface area contributed by atoms with Crippen LogP contribution in [0.1, 0.15) is 31.2 Å². The summed E-state index contributed by atoms with van der Waals surface area (Å²) in [7, 11) is 0. The van der Waals surface area contributed by atoms with E-state index < -0.39 is 17.8 Å². The largest absolute Gasteiger partial charge is 0.386 e. The topological polar surface area (TPSA) is 103 Å². The van der Waals surface area contributed by atoms with Crippen molar-refractivity contribution in [2.45, 2.75) is 0 Å². The third-order valence-corrected chi connectivity index (χ3v) is 3.37. The minimum atomic E-state index is -0.980. The van der Waals surface area contributed by atoms with Crippen molar-refractivity contribution in [3.05, 3.63) is 59.4 Å². The third kappa shape index (κ3) is 1.89. The van der Waals surface area contributed by atoms with Gasteiger partial charge >= 0.3 is 5.97 Å². The van der Waals surface area contributed by atoms with Gasteiger partial charge in [0.15, 0.2) is 0 Å². The lowest BCUT2D eigenvalue weighted by Gasteiger charge is -2.11. The molecule has 2 amide bonds. The summed E-state index contributed by atoms with van der Waals surface area (Å²) < 4.78 is 4.90. The first-order valence-electron chi connectivity index (χ1n) is 6.57. The molecule has 0 spiro atoms. The number of benzene rings is 1. The number of pyridine rings is 1. The van der Waals surface area contributed by atoms with E-state index >= 15 is 0 Å². The maximum atomic E-state index is 12.2. The summed E-state index contributed by atoms with van der Waals surface area (Å²) in [6, 6.07) is 9.37. The Bertz CT molecular complexity index is 943. The maximum absolute atomic E-state index is 12.2. The summed E-state index contributed by atoms with van der Waals surface area (Å²) >= 11 is 0. The van der Waals surface area contributed by atoms with Crippen molar-refractivity contribution >= 4 is 28.9 Å². The van der Waals surface area contributed by atoms with Crippen LogP contribution in [0.15, 0.2) is 47.1 Å². The molecule has 8 nitrogen and oxygen atoms in total. The Morgan fingerprint density at radius 3 is 2.43 bits per heavy atom. The summed E-state index contributed by atoms with van der Waals surface area (Å²) in [5.41, 5.74) is 0.348. The first kappa shape index (κ1) is 13.1. The molecule has 1 aromatic carbocycles. The van der Waals surface area contributed by atoms with Gasteiger partial charge < -0.3 is 9.36 Å². The Balaban J connectivity index is 1.65. The number of hydrogen-bond acceptors (Lipinski definition) is 7. The molecule has 0 N–H and O–H groups in total. The van der Waals surface area contributed by atoms with E-state index in [4.69, 9.17) is 9.36 Å². The molecule has 0 bridgehead atoms. The van der Waals surface area contributed by atoms with Crippen LogP contribution in [-0.4, -0.2) is 33.0 Å². The Morgan fingerprint density at radius 1 is 1.04 bits per heavy atom. The molecule has 112 valence electrons. The summed E-state index contributed by atoms with van der Waals surface area (Å²) in [6.45, 7) is 0. The van der Waals surface area contributed by atoms with Crippen molar-refractivity contribution < 1.29 is 23.7 Å². The fraction of sp³-hybridized carbons (Fsp3) is 0. The van der Waals surface area contributed by atoms with Crippen LogP contribution in [0.3, 0.4) is 0 Å². The van der Waals surface area contributed by atoms with Gasteiger partial charge in [-0.05, 0) is 24.3 Å². The molecule has 0 radical (unpaired) electrons. The molecular formula is C15H7N3O5. The van der Waals surface area contributed by atoms with Crippen molar-refractivity contribution in [1.29, 1.82) is 0 Å². The van der Waals surface area contributed by atoms with Crippen LogP contribution >= 0.6 is 0 Å². The Labute approximate surface area is 128 Å². The molecule has 0 fully saturated rings. The highest BCUT2D eigenvalue weighted by molar-refractivity contribution is 6.21. The minimum absolute atomic E-state index is 0.154. The van der Waals surface area contributed by atoms with Crippen molar-refractivity contribution in [2.24, 2.45) is 0 Å². The highest BCUT2D eigenvalue weighted by atomic mass is 16.7.